The van der Waals surface area contributed by atoms with Crippen LogP contribution in [0, 0.1) is 0 Å². The normalized spacial score (nSPS) is 16.3. The summed E-state index contributed by atoms with van der Waals surface area (Å²) in [5, 5.41) is 0. The molecule has 0 N–H and O–H groups in total. The van der Waals surface area contributed by atoms with Gasteiger partial charge < -0.3 is 14.4 Å². The fourth-order valence-corrected chi connectivity index (χ4v) is 2.07. The lowest BCUT2D eigenvalue weighted by molar-refractivity contribution is -0.137. The maximum absolute atomic E-state index is 11.7. The third-order valence-electron chi connectivity index (χ3n) is 2.96. The monoisotopic (exact) mass is 261 g/mol. The number of rotatable bonds is 4. The van der Waals surface area contributed by atoms with Gasteiger partial charge >= 0.3 is 5.97 Å². The van der Waals surface area contributed by atoms with Gasteiger partial charge in [0.15, 0.2) is 0 Å². The van der Waals surface area contributed by atoms with Crippen molar-refractivity contribution in [1.29, 1.82) is 0 Å². The number of esters is 1. The molecule has 1 fully saturated rings. The van der Waals surface area contributed by atoms with E-state index in [4.69, 9.17) is 9.47 Å². The lowest BCUT2D eigenvalue weighted by Gasteiger charge is -2.31. The first kappa shape index (κ1) is 13.6. The summed E-state index contributed by atoms with van der Waals surface area (Å²) in [5.41, 5.74) is 1.93. The van der Waals surface area contributed by atoms with E-state index in [0.717, 1.165) is 24.4 Å². The maximum Gasteiger partial charge on any atom is 0.332 e. The van der Waals surface area contributed by atoms with Crippen molar-refractivity contribution in [2.45, 2.75) is 6.92 Å². The highest BCUT2D eigenvalue weighted by Crippen LogP contribution is 2.20. The van der Waals surface area contributed by atoms with Gasteiger partial charge in [-0.2, -0.15) is 0 Å². The van der Waals surface area contributed by atoms with Gasteiger partial charge in [0.25, 0.3) is 0 Å². The Bertz CT molecular complexity index is 436. The van der Waals surface area contributed by atoms with Gasteiger partial charge in [-0.15, -0.1) is 0 Å². The largest absolute Gasteiger partial charge is 0.463 e. The van der Waals surface area contributed by atoms with E-state index in [-0.39, 0.29) is 5.97 Å². The third kappa shape index (κ3) is 3.83. The average Bonchev–Trinajstić information content (AvgIpc) is 2.47. The number of ether oxygens (including phenoxy) is 2. The summed E-state index contributed by atoms with van der Waals surface area (Å²) in [6, 6.07) is 9.90. The van der Waals surface area contributed by atoms with Crippen LogP contribution < -0.4 is 0 Å². The van der Waals surface area contributed by atoms with Crippen LogP contribution in [-0.2, 0) is 14.3 Å². The van der Waals surface area contributed by atoms with Gasteiger partial charge in [-0.05, 0) is 12.5 Å². The van der Waals surface area contributed by atoms with E-state index in [2.05, 4.69) is 4.90 Å². The molecule has 0 radical (unpaired) electrons. The second-order valence-corrected chi connectivity index (χ2v) is 4.25. The zero-order valence-electron chi connectivity index (χ0n) is 11.2. The van der Waals surface area contributed by atoms with Crippen molar-refractivity contribution in [2.24, 2.45) is 0 Å². The van der Waals surface area contributed by atoms with Crippen LogP contribution in [0.25, 0.3) is 5.70 Å². The summed E-state index contributed by atoms with van der Waals surface area (Å²) in [5.74, 6) is -0.298. The molecule has 0 spiro atoms. The molecule has 0 aliphatic carbocycles. The van der Waals surface area contributed by atoms with Crippen molar-refractivity contribution in [3.63, 3.8) is 0 Å². The summed E-state index contributed by atoms with van der Waals surface area (Å²) < 4.78 is 10.4. The summed E-state index contributed by atoms with van der Waals surface area (Å²) in [6.07, 6.45) is 1.57. The zero-order chi connectivity index (χ0) is 13.5. The predicted molar refractivity (Wildman–Crippen MR) is 73.4 cm³/mol. The number of morpholine rings is 1. The molecule has 0 amide bonds. The Hall–Kier alpha value is -1.81. The molecule has 2 rings (SSSR count). The first-order chi connectivity index (χ1) is 9.31. The zero-order valence-corrected chi connectivity index (χ0v) is 11.2. The Morgan fingerprint density at radius 3 is 2.63 bits per heavy atom. The third-order valence-corrected chi connectivity index (χ3v) is 2.96. The van der Waals surface area contributed by atoms with Crippen molar-refractivity contribution in [3.05, 3.63) is 42.0 Å². The van der Waals surface area contributed by atoms with Gasteiger partial charge in [0.05, 0.1) is 25.5 Å². The lowest BCUT2D eigenvalue weighted by atomic mass is 10.1. The van der Waals surface area contributed by atoms with Crippen molar-refractivity contribution >= 4 is 11.7 Å². The second kappa shape index (κ2) is 6.95. The quantitative estimate of drug-likeness (QED) is 0.613. The molecule has 1 aliphatic rings. The molecule has 1 saturated heterocycles. The summed E-state index contributed by atoms with van der Waals surface area (Å²) in [4.78, 5) is 13.9. The number of hydrogen-bond donors (Lipinski definition) is 0. The minimum atomic E-state index is -0.298. The average molecular weight is 261 g/mol. The van der Waals surface area contributed by atoms with Gasteiger partial charge in [-0.3, -0.25) is 0 Å². The molecular weight excluding hydrogens is 242 g/mol. The predicted octanol–water partition coefficient (Wildman–Crippen LogP) is 1.92. The minimum Gasteiger partial charge on any atom is -0.463 e. The van der Waals surface area contributed by atoms with Crippen LogP contribution in [0.2, 0.25) is 0 Å². The molecule has 1 aliphatic heterocycles. The van der Waals surface area contributed by atoms with E-state index in [1.807, 2.05) is 37.3 Å². The summed E-state index contributed by atoms with van der Waals surface area (Å²) in [7, 11) is 0. The smallest absolute Gasteiger partial charge is 0.332 e. The maximum atomic E-state index is 11.7. The van der Waals surface area contributed by atoms with Crippen LogP contribution in [0.15, 0.2) is 36.4 Å². The Balaban J connectivity index is 2.24. The molecule has 102 valence electrons. The molecule has 4 heteroatoms. The van der Waals surface area contributed by atoms with E-state index >= 15 is 0 Å². The Kier molecular flexibility index (Phi) is 4.98. The highest BCUT2D eigenvalue weighted by molar-refractivity contribution is 5.90. The number of carbonyl (C=O) groups is 1. The van der Waals surface area contributed by atoms with Crippen LogP contribution in [-0.4, -0.2) is 43.8 Å². The van der Waals surface area contributed by atoms with Crippen LogP contribution in [0.4, 0.5) is 0 Å². The van der Waals surface area contributed by atoms with Crippen LogP contribution in [0.5, 0.6) is 0 Å². The second-order valence-electron chi connectivity index (χ2n) is 4.25. The fourth-order valence-electron chi connectivity index (χ4n) is 2.07. The molecule has 0 aromatic heterocycles. The van der Waals surface area contributed by atoms with E-state index in [1.54, 1.807) is 6.08 Å². The number of carbonyl (C=O) groups excluding carboxylic acids is 1. The number of nitrogens with zero attached hydrogens (tertiary/aromatic N) is 1. The lowest BCUT2D eigenvalue weighted by Crippen LogP contribution is -2.35. The number of benzene rings is 1. The Morgan fingerprint density at radius 1 is 1.32 bits per heavy atom. The van der Waals surface area contributed by atoms with E-state index in [1.165, 1.54) is 0 Å². The molecular formula is C15H19NO3. The van der Waals surface area contributed by atoms with Crippen molar-refractivity contribution in [3.8, 4) is 0 Å². The van der Waals surface area contributed by atoms with Crippen LogP contribution >= 0.6 is 0 Å². The fraction of sp³-hybridized carbons (Fsp3) is 0.400. The standard InChI is InChI=1S/C15H19NO3/c1-2-19-15(17)12-14(13-6-4-3-5-7-13)16-8-10-18-11-9-16/h3-7,12H,2,8-11H2,1H3/b14-12-. The van der Waals surface area contributed by atoms with Crippen LogP contribution in [0.1, 0.15) is 12.5 Å². The van der Waals surface area contributed by atoms with Gasteiger partial charge in [0.2, 0.25) is 0 Å². The molecule has 1 aromatic rings. The Morgan fingerprint density at radius 2 is 2.00 bits per heavy atom. The Labute approximate surface area is 113 Å². The van der Waals surface area contributed by atoms with Gasteiger partial charge in [-0.25, -0.2) is 4.79 Å². The van der Waals surface area contributed by atoms with Gasteiger partial charge in [-0.1, -0.05) is 30.3 Å². The highest BCUT2D eigenvalue weighted by Gasteiger charge is 2.16. The molecule has 0 saturated carbocycles. The topological polar surface area (TPSA) is 38.8 Å². The van der Waals surface area contributed by atoms with Crippen LogP contribution in [0.3, 0.4) is 0 Å². The van der Waals surface area contributed by atoms with Crippen molar-refractivity contribution < 1.29 is 14.3 Å². The first-order valence-electron chi connectivity index (χ1n) is 6.58. The molecule has 0 unspecified atom stereocenters. The summed E-state index contributed by atoms with van der Waals surface area (Å²) in [6.45, 7) is 5.16. The summed E-state index contributed by atoms with van der Waals surface area (Å²) >= 11 is 0. The van der Waals surface area contributed by atoms with Gasteiger partial charge in [0.1, 0.15) is 0 Å². The molecule has 19 heavy (non-hydrogen) atoms. The van der Waals surface area contributed by atoms with E-state index in [9.17, 15) is 4.79 Å². The molecule has 4 nitrogen and oxygen atoms in total. The first-order valence-corrected chi connectivity index (χ1v) is 6.58. The van der Waals surface area contributed by atoms with Crippen molar-refractivity contribution in [2.75, 3.05) is 32.9 Å². The molecule has 0 atom stereocenters. The minimum absolute atomic E-state index is 0.298. The molecule has 0 bridgehead atoms. The molecule has 1 heterocycles. The molecule has 1 aromatic carbocycles. The highest BCUT2D eigenvalue weighted by atomic mass is 16.5. The van der Waals surface area contributed by atoms with Gasteiger partial charge in [0, 0.05) is 19.2 Å². The van der Waals surface area contributed by atoms with E-state index < -0.39 is 0 Å². The van der Waals surface area contributed by atoms with E-state index in [0.29, 0.717) is 19.8 Å². The van der Waals surface area contributed by atoms with Crippen molar-refractivity contribution in [1.82, 2.24) is 4.90 Å². The SMILES string of the molecule is CCOC(=O)/C=C(/c1ccccc1)N1CCOCC1. The number of hydrogen-bond acceptors (Lipinski definition) is 4.